The van der Waals surface area contributed by atoms with E-state index in [1.807, 2.05) is 0 Å². The summed E-state index contributed by atoms with van der Waals surface area (Å²) in [5.41, 5.74) is 0. The highest BCUT2D eigenvalue weighted by Gasteiger charge is 2.33. The molecule has 1 fully saturated rings. The summed E-state index contributed by atoms with van der Waals surface area (Å²) >= 11 is 0. The average Bonchev–Trinajstić information content (AvgIpc) is 2.60. The highest BCUT2D eigenvalue weighted by atomic mass is 16.4. The summed E-state index contributed by atoms with van der Waals surface area (Å²) in [4.78, 5) is 13.3. The summed E-state index contributed by atoms with van der Waals surface area (Å²) in [5.74, 6) is 1.19. The smallest absolute Gasteiger partial charge is 0.320 e. The van der Waals surface area contributed by atoms with Crippen LogP contribution in [0, 0.1) is 17.8 Å². The van der Waals surface area contributed by atoms with Crippen LogP contribution in [-0.4, -0.2) is 35.1 Å². The van der Waals surface area contributed by atoms with Gasteiger partial charge in [0.2, 0.25) is 0 Å². The maximum absolute atomic E-state index is 11.1. The standard InChI is InChI=1S/C13H25NO2/c1-9(2)11(10(3)4)8-14-7-5-6-12(14)13(15)16/h9-12H,5-8H2,1-4H3,(H,15,16)/t12-/m0/s1. The van der Waals surface area contributed by atoms with Crippen LogP contribution in [0.5, 0.6) is 0 Å². The Morgan fingerprint density at radius 3 is 2.31 bits per heavy atom. The molecule has 1 aliphatic rings. The van der Waals surface area contributed by atoms with Crippen LogP contribution in [0.3, 0.4) is 0 Å². The van der Waals surface area contributed by atoms with E-state index in [0.29, 0.717) is 17.8 Å². The molecule has 0 unspecified atom stereocenters. The molecule has 0 amide bonds. The van der Waals surface area contributed by atoms with E-state index in [2.05, 4.69) is 32.6 Å². The molecular weight excluding hydrogens is 202 g/mol. The van der Waals surface area contributed by atoms with Gasteiger partial charge in [0.05, 0.1) is 0 Å². The predicted octanol–water partition coefficient (Wildman–Crippen LogP) is 2.46. The molecule has 1 aliphatic heterocycles. The second-order valence-electron chi connectivity index (χ2n) is 5.64. The zero-order valence-corrected chi connectivity index (χ0v) is 10.9. The van der Waals surface area contributed by atoms with Crippen molar-refractivity contribution < 1.29 is 9.90 Å². The van der Waals surface area contributed by atoms with E-state index in [4.69, 9.17) is 5.11 Å². The van der Waals surface area contributed by atoms with Crippen LogP contribution in [0.2, 0.25) is 0 Å². The lowest BCUT2D eigenvalue weighted by Gasteiger charge is -2.31. The molecule has 0 spiro atoms. The Bertz CT molecular complexity index is 230. The highest BCUT2D eigenvalue weighted by molar-refractivity contribution is 5.73. The SMILES string of the molecule is CC(C)C(CN1CCC[C@H]1C(=O)O)C(C)C. The molecule has 0 aromatic carbocycles. The number of nitrogens with zero attached hydrogens (tertiary/aromatic N) is 1. The van der Waals surface area contributed by atoms with Gasteiger partial charge in [-0.2, -0.15) is 0 Å². The van der Waals surface area contributed by atoms with Gasteiger partial charge >= 0.3 is 5.97 Å². The van der Waals surface area contributed by atoms with Gasteiger partial charge in [0.1, 0.15) is 6.04 Å². The van der Waals surface area contributed by atoms with Crippen molar-refractivity contribution in [3.05, 3.63) is 0 Å². The van der Waals surface area contributed by atoms with Gasteiger partial charge in [-0.05, 0) is 37.1 Å². The Morgan fingerprint density at radius 2 is 1.88 bits per heavy atom. The minimum Gasteiger partial charge on any atom is -0.480 e. The van der Waals surface area contributed by atoms with Gasteiger partial charge in [-0.25, -0.2) is 0 Å². The molecule has 0 aliphatic carbocycles. The van der Waals surface area contributed by atoms with E-state index in [0.717, 1.165) is 25.9 Å². The third kappa shape index (κ3) is 3.21. The number of hydrogen-bond donors (Lipinski definition) is 1. The second-order valence-corrected chi connectivity index (χ2v) is 5.64. The topological polar surface area (TPSA) is 40.5 Å². The van der Waals surface area contributed by atoms with E-state index in [1.54, 1.807) is 0 Å². The lowest BCUT2D eigenvalue weighted by atomic mass is 9.85. The Morgan fingerprint density at radius 1 is 1.31 bits per heavy atom. The van der Waals surface area contributed by atoms with E-state index < -0.39 is 5.97 Å². The van der Waals surface area contributed by atoms with Crippen molar-refractivity contribution in [2.24, 2.45) is 17.8 Å². The monoisotopic (exact) mass is 227 g/mol. The molecule has 1 rings (SSSR count). The van der Waals surface area contributed by atoms with Crippen LogP contribution in [0.1, 0.15) is 40.5 Å². The Hall–Kier alpha value is -0.570. The van der Waals surface area contributed by atoms with Crippen molar-refractivity contribution in [1.82, 2.24) is 4.90 Å². The van der Waals surface area contributed by atoms with Crippen molar-refractivity contribution >= 4 is 5.97 Å². The molecule has 16 heavy (non-hydrogen) atoms. The fourth-order valence-electron chi connectivity index (χ4n) is 2.79. The zero-order valence-electron chi connectivity index (χ0n) is 10.9. The molecule has 0 saturated carbocycles. The van der Waals surface area contributed by atoms with Crippen molar-refractivity contribution in [2.45, 2.75) is 46.6 Å². The molecule has 1 N–H and O–H groups in total. The Labute approximate surface area is 98.8 Å². The van der Waals surface area contributed by atoms with Crippen molar-refractivity contribution in [2.75, 3.05) is 13.1 Å². The molecule has 1 saturated heterocycles. The largest absolute Gasteiger partial charge is 0.480 e. The van der Waals surface area contributed by atoms with Gasteiger partial charge in [-0.15, -0.1) is 0 Å². The summed E-state index contributed by atoms with van der Waals surface area (Å²) in [6.45, 7) is 10.8. The zero-order chi connectivity index (χ0) is 12.3. The molecule has 94 valence electrons. The lowest BCUT2D eigenvalue weighted by molar-refractivity contribution is -0.142. The molecule has 1 atom stereocenters. The van der Waals surface area contributed by atoms with Gasteiger partial charge in [-0.3, -0.25) is 9.69 Å². The maximum Gasteiger partial charge on any atom is 0.320 e. The van der Waals surface area contributed by atoms with Crippen LogP contribution in [0.15, 0.2) is 0 Å². The Kier molecular flexibility index (Phi) is 4.78. The number of carboxylic acid groups (broad SMARTS) is 1. The summed E-state index contributed by atoms with van der Waals surface area (Å²) in [6, 6.07) is -0.236. The van der Waals surface area contributed by atoms with Crippen LogP contribution in [-0.2, 0) is 4.79 Å². The Balaban J connectivity index is 2.60. The van der Waals surface area contributed by atoms with Crippen molar-refractivity contribution in [3.8, 4) is 0 Å². The van der Waals surface area contributed by atoms with Gasteiger partial charge in [0, 0.05) is 6.54 Å². The molecule has 0 aromatic rings. The summed E-state index contributed by atoms with van der Waals surface area (Å²) in [6.07, 6.45) is 1.85. The third-order valence-electron chi connectivity index (χ3n) is 3.81. The quantitative estimate of drug-likeness (QED) is 0.784. The molecule has 0 aromatic heterocycles. The molecule has 3 heteroatoms. The first-order chi connectivity index (χ1) is 7.43. The third-order valence-corrected chi connectivity index (χ3v) is 3.81. The number of rotatable bonds is 5. The number of aliphatic carboxylic acids is 1. The molecular formula is C13H25NO2. The first-order valence-corrected chi connectivity index (χ1v) is 6.40. The van der Waals surface area contributed by atoms with E-state index in [1.165, 1.54) is 0 Å². The molecule has 0 bridgehead atoms. The van der Waals surface area contributed by atoms with Gasteiger partial charge in [0.25, 0.3) is 0 Å². The first kappa shape index (κ1) is 13.5. The van der Waals surface area contributed by atoms with E-state index >= 15 is 0 Å². The minimum atomic E-state index is -0.649. The first-order valence-electron chi connectivity index (χ1n) is 6.40. The maximum atomic E-state index is 11.1. The number of carbonyl (C=O) groups is 1. The van der Waals surface area contributed by atoms with Crippen LogP contribution in [0.4, 0.5) is 0 Å². The summed E-state index contributed by atoms with van der Waals surface area (Å²) in [5, 5.41) is 9.13. The van der Waals surface area contributed by atoms with Crippen LogP contribution in [0.25, 0.3) is 0 Å². The fourth-order valence-corrected chi connectivity index (χ4v) is 2.79. The van der Waals surface area contributed by atoms with Crippen LogP contribution < -0.4 is 0 Å². The fraction of sp³-hybridized carbons (Fsp3) is 0.923. The van der Waals surface area contributed by atoms with Crippen LogP contribution >= 0.6 is 0 Å². The normalized spacial score (nSPS) is 22.6. The highest BCUT2D eigenvalue weighted by Crippen LogP contribution is 2.26. The lowest BCUT2D eigenvalue weighted by Crippen LogP contribution is -2.41. The molecule has 1 heterocycles. The molecule has 3 nitrogen and oxygen atoms in total. The average molecular weight is 227 g/mol. The van der Waals surface area contributed by atoms with Crippen molar-refractivity contribution in [3.63, 3.8) is 0 Å². The summed E-state index contributed by atoms with van der Waals surface area (Å²) in [7, 11) is 0. The predicted molar refractivity (Wildman–Crippen MR) is 65.4 cm³/mol. The minimum absolute atomic E-state index is 0.236. The number of hydrogen-bond acceptors (Lipinski definition) is 2. The van der Waals surface area contributed by atoms with Gasteiger partial charge in [-0.1, -0.05) is 27.7 Å². The van der Waals surface area contributed by atoms with Gasteiger partial charge in [0.15, 0.2) is 0 Å². The van der Waals surface area contributed by atoms with E-state index in [-0.39, 0.29) is 6.04 Å². The number of likely N-dealkylation sites (tertiary alicyclic amines) is 1. The van der Waals surface area contributed by atoms with Gasteiger partial charge < -0.3 is 5.11 Å². The number of carboxylic acids is 1. The summed E-state index contributed by atoms with van der Waals surface area (Å²) < 4.78 is 0. The molecule has 0 radical (unpaired) electrons. The second kappa shape index (κ2) is 5.67. The van der Waals surface area contributed by atoms with Crippen molar-refractivity contribution in [1.29, 1.82) is 0 Å². The van der Waals surface area contributed by atoms with E-state index in [9.17, 15) is 4.79 Å².